The van der Waals surface area contributed by atoms with Crippen LogP contribution in [-0.2, 0) is 17.6 Å². The summed E-state index contributed by atoms with van der Waals surface area (Å²) in [7, 11) is 5.52. The van der Waals surface area contributed by atoms with Crippen LogP contribution in [0.5, 0.6) is 0 Å². The molecule has 200 valence electrons. The summed E-state index contributed by atoms with van der Waals surface area (Å²) in [6.07, 6.45) is 5.90. The summed E-state index contributed by atoms with van der Waals surface area (Å²) in [6.45, 7) is 5.45. The van der Waals surface area contributed by atoms with Crippen LogP contribution in [0.1, 0.15) is 43.9 Å². The number of aliphatic hydroxyl groups is 2. The van der Waals surface area contributed by atoms with E-state index in [0.717, 1.165) is 62.6 Å². The Hall–Kier alpha value is -2.53. The summed E-state index contributed by atoms with van der Waals surface area (Å²) in [4.78, 5) is 17.5. The smallest absolute Gasteiger partial charge is 0.172 e. The van der Waals surface area contributed by atoms with Gasteiger partial charge in [0.1, 0.15) is 23.8 Å². The molecule has 0 aliphatic carbocycles. The first kappa shape index (κ1) is 28.0. The fourth-order valence-electron chi connectivity index (χ4n) is 4.36. The number of nitrogens with zero attached hydrogens (tertiary/aromatic N) is 5. The number of unbranched alkanes of at least 4 members (excludes halogenated alkanes) is 1. The molecule has 0 bridgehead atoms. The number of rotatable bonds is 15. The van der Waals surface area contributed by atoms with Gasteiger partial charge in [-0.2, -0.15) is 0 Å². The summed E-state index contributed by atoms with van der Waals surface area (Å²) in [5, 5.41) is 26.6. The van der Waals surface area contributed by atoms with Crippen LogP contribution in [0.4, 0.5) is 17.5 Å². The maximum atomic E-state index is 10.0. The summed E-state index contributed by atoms with van der Waals surface area (Å²) in [6, 6.07) is 5.61. The second-order valence-corrected chi connectivity index (χ2v) is 9.75. The highest BCUT2D eigenvalue weighted by atomic mass is 16.5. The van der Waals surface area contributed by atoms with E-state index in [1.165, 1.54) is 18.3 Å². The topological polar surface area (TPSA) is 119 Å². The van der Waals surface area contributed by atoms with Crippen molar-refractivity contribution in [2.45, 2.75) is 63.9 Å². The Morgan fingerprint density at radius 3 is 2.75 bits per heavy atom. The van der Waals surface area contributed by atoms with Crippen LogP contribution in [0.3, 0.4) is 0 Å². The van der Waals surface area contributed by atoms with Gasteiger partial charge in [0.25, 0.3) is 0 Å². The molecule has 0 saturated carbocycles. The normalized spacial score (nSPS) is 14.9. The van der Waals surface area contributed by atoms with Crippen LogP contribution in [0.25, 0.3) is 0 Å². The van der Waals surface area contributed by atoms with E-state index in [9.17, 15) is 10.2 Å². The Balaban J connectivity index is 1.51. The molecule has 3 rings (SSSR count). The average molecular weight is 502 g/mol. The molecule has 0 radical (unpaired) electrons. The Morgan fingerprint density at radius 1 is 1.17 bits per heavy atom. The van der Waals surface area contributed by atoms with Crippen molar-refractivity contribution in [2.75, 3.05) is 62.9 Å². The van der Waals surface area contributed by atoms with Gasteiger partial charge in [0, 0.05) is 52.6 Å². The monoisotopic (exact) mass is 501 g/mol. The number of aromatic nitrogens is 3. The number of anilines is 3. The van der Waals surface area contributed by atoms with Crippen molar-refractivity contribution in [3.63, 3.8) is 0 Å². The van der Waals surface area contributed by atoms with Crippen LogP contribution < -0.4 is 15.5 Å². The molecule has 10 heteroatoms. The number of hydrogen-bond donors (Lipinski definition) is 4. The first-order valence-corrected chi connectivity index (χ1v) is 13.0. The van der Waals surface area contributed by atoms with Crippen molar-refractivity contribution >= 4 is 17.5 Å². The molecule has 1 aliphatic rings. The van der Waals surface area contributed by atoms with Crippen molar-refractivity contribution < 1.29 is 14.9 Å². The lowest BCUT2D eigenvalue weighted by molar-refractivity contribution is -0.0564. The number of ether oxygens (including phenoxy) is 1. The van der Waals surface area contributed by atoms with Crippen molar-refractivity contribution in [3.8, 4) is 0 Å². The van der Waals surface area contributed by atoms with E-state index in [4.69, 9.17) is 9.72 Å². The molecular formula is C26H43N7O3. The molecule has 0 spiro atoms. The minimum atomic E-state index is -1.51. The highest BCUT2D eigenvalue weighted by molar-refractivity contribution is 5.48. The number of hydrogen-bond acceptors (Lipinski definition) is 10. The Bertz CT molecular complexity index is 928. The standard InChI is InChI=1S/C26H43N7O3/c1-19(36-4)17-33(14-6-5-9-21-11-10-20-8-7-13-27-25(20)30-21)15-12-22(26(34)35)31-23-16-24(32(2)3)29-18-28-23/h10-11,16,18-19,22,26,34-35H,5-9,12-15,17H2,1-4H3,(H,27,30)(H,28,29,31)/t19-,22-/m1/s1. The molecule has 4 N–H and O–H groups in total. The minimum Gasteiger partial charge on any atom is -0.380 e. The van der Waals surface area contributed by atoms with Gasteiger partial charge in [0.05, 0.1) is 12.1 Å². The summed E-state index contributed by atoms with van der Waals surface area (Å²) in [5.41, 5.74) is 2.45. The molecule has 2 aromatic rings. The fraction of sp³-hybridized carbons (Fsp3) is 0.654. The van der Waals surface area contributed by atoms with E-state index in [1.807, 2.05) is 19.0 Å². The molecule has 0 saturated heterocycles. The fourth-order valence-corrected chi connectivity index (χ4v) is 4.36. The lowest BCUT2D eigenvalue weighted by Crippen LogP contribution is -2.40. The number of fused-ring (bicyclic) bond motifs is 1. The summed E-state index contributed by atoms with van der Waals surface area (Å²) < 4.78 is 5.50. The lowest BCUT2D eigenvalue weighted by Gasteiger charge is -2.28. The maximum absolute atomic E-state index is 10.0. The third kappa shape index (κ3) is 8.85. The van der Waals surface area contributed by atoms with Gasteiger partial charge in [-0.05, 0) is 63.6 Å². The third-order valence-electron chi connectivity index (χ3n) is 6.59. The highest BCUT2D eigenvalue weighted by Crippen LogP contribution is 2.20. The van der Waals surface area contributed by atoms with Gasteiger partial charge in [-0.15, -0.1) is 0 Å². The molecule has 1 aliphatic heterocycles. The Morgan fingerprint density at radius 2 is 2.00 bits per heavy atom. The van der Waals surface area contributed by atoms with Crippen molar-refractivity contribution in [1.82, 2.24) is 19.9 Å². The number of aliphatic hydroxyl groups excluding tert-OH is 1. The van der Waals surface area contributed by atoms with Gasteiger partial charge < -0.3 is 35.4 Å². The van der Waals surface area contributed by atoms with E-state index in [2.05, 4.69) is 44.6 Å². The molecular weight excluding hydrogens is 458 g/mol. The molecule has 0 aromatic carbocycles. The molecule has 0 unspecified atom stereocenters. The zero-order valence-corrected chi connectivity index (χ0v) is 22.2. The van der Waals surface area contributed by atoms with Gasteiger partial charge in [0.2, 0.25) is 0 Å². The van der Waals surface area contributed by atoms with E-state index in [0.29, 0.717) is 18.8 Å². The zero-order chi connectivity index (χ0) is 25.9. The number of methoxy groups -OCH3 is 1. The summed E-state index contributed by atoms with van der Waals surface area (Å²) in [5.74, 6) is 2.37. The van der Waals surface area contributed by atoms with Crippen molar-refractivity contribution in [3.05, 3.63) is 35.8 Å². The summed E-state index contributed by atoms with van der Waals surface area (Å²) >= 11 is 0. The highest BCUT2D eigenvalue weighted by Gasteiger charge is 2.20. The Labute approximate surface area is 215 Å². The SMILES string of the molecule is CO[C@H](C)CN(CCCCc1ccc2c(n1)NCCC2)CC[C@@H](Nc1cc(N(C)C)ncn1)C(O)O. The molecule has 0 fully saturated rings. The quantitative estimate of drug-likeness (QED) is 0.213. The minimum absolute atomic E-state index is 0.0911. The lowest BCUT2D eigenvalue weighted by atomic mass is 10.1. The largest absolute Gasteiger partial charge is 0.380 e. The molecule has 0 amide bonds. The van der Waals surface area contributed by atoms with E-state index >= 15 is 0 Å². The van der Waals surface area contributed by atoms with Crippen LogP contribution >= 0.6 is 0 Å². The zero-order valence-electron chi connectivity index (χ0n) is 22.2. The van der Waals surface area contributed by atoms with Gasteiger partial charge in [0.15, 0.2) is 6.29 Å². The predicted octanol–water partition coefficient (Wildman–Crippen LogP) is 2.14. The van der Waals surface area contributed by atoms with E-state index < -0.39 is 12.3 Å². The number of pyridine rings is 1. The first-order valence-electron chi connectivity index (χ1n) is 13.0. The van der Waals surface area contributed by atoms with Crippen LogP contribution in [0.2, 0.25) is 0 Å². The van der Waals surface area contributed by atoms with Crippen LogP contribution in [-0.4, -0.2) is 95.9 Å². The maximum Gasteiger partial charge on any atom is 0.172 e. The molecule has 2 atom stereocenters. The number of aryl methyl sites for hydroxylation is 2. The van der Waals surface area contributed by atoms with Crippen LogP contribution in [0, 0.1) is 0 Å². The van der Waals surface area contributed by atoms with Crippen molar-refractivity contribution in [2.24, 2.45) is 0 Å². The Kier molecular flexibility index (Phi) is 11.1. The first-order chi connectivity index (χ1) is 17.4. The molecule has 2 aromatic heterocycles. The second-order valence-electron chi connectivity index (χ2n) is 9.75. The molecule has 36 heavy (non-hydrogen) atoms. The van der Waals surface area contributed by atoms with Gasteiger partial charge in [-0.3, -0.25) is 0 Å². The van der Waals surface area contributed by atoms with Gasteiger partial charge in [-0.1, -0.05) is 6.07 Å². The average Bonchev–Trinajstić information content (AvgIpc) is 2.88. The van der Waals surface area contributed by atoms with E-state index in [-0.39, 0.29) is 6.10 Å². The van der Waals surface area contributed by atoms with Crippen LogP contribution in [0.15, 0.2) is 24.5 Å². The van der Waals surface area contributed by atoms with Gasteiger partial charge >= 0.3 is 0 Å². The number of nitrogens with one attached hydrogen (secondary N) is 2. The third-order valence-corrected chi connectivity index (χ3v) is 6.59. The predicted molar refractivity (Wildman–Crippen MR) is 144 cm³/mol. The second kappa shape index (κ2) is 14.3. The van der Waals surface area contributed by atoms with Gasteiger partial charge in [-0.25, -0.2) is 15.0 Å². The van der Waals surface area contributed by atoms with Crippen molar-refractivity contribution in [1.29, 1.82) is 0 Å². The van der Waals surface area contributed by atoms with E-state index in [1.54, 1.807) is 13.2 Å². The molecule has 3 heterocycles. The molecule has 10 nitrogen and oxygen atoms in total.